The van der Waals surface area contributed by atoms with Gasteiger partial charge in [0.25, 0.3) is 0 Å². The topological polar surface area (TPSA) is 21.7 Å². The van der Waals surface area contributed by atoms with E-state index in [1.807, 2.05) is 35.2 Å². The fraction of sp³-hybridized carbons (Fsp3) is 0.286. The molecule has 1 heterocycles. The summed E-state index contributed by atoms with van der Waals surface area (Å²) in [7, 11) is 0. The first-order chi connectivity index (χ1) is 17.9. The Labute approximate surface area is 215 Å². The van der Waals surface area contributed by atoms with Gasteiger partial charge in [-0.25, -0.2) is 4.39 Å². The van der Waals surface area contributed by atoms with Gasteiger partial charge in [-0.05, 0) is 41.5 Å². The summed E-state index contributed by atoms with van der Waals surface area (Å²) in [6.07, 6.45) is -10.9. The molecule has 1 aliphatic heterocycles. The highest BCUT2D eigenvalue weighted by Gasteiger charge is 2.38. The predicted molar refractivity (Wildman–Crippen MR) is 127 cm³/mol. The number of halogens is 7. The van der Waals surface area contributed by atoms with Gasteiger partial charge in [-0.3, -0.25) is 4.90 Å². The molecule has 0 saturated carbocycles. The zero-order valence-electron chi connectivity index (χ0n) is 20.0. The summed E-state index contributed by atoms with van der Waals surface area (Å²) < 4.78 is 106. The van der Waals surface area contributed by atoms with Crippen molar-refractivity contribution in [3.05, 3.63) is 113 Å². The number of alkyl halides is 6. The molecule has 2 atom stereocenters. The highest BCUT2D eigenvalue weighted by Crippen LogP contribution is 2.39. The molecule has 0 aromatic heterocycles. The Morgan fingerprint density at radius 3 is 2.08 bits per heavy atom. The van der Waals surface area contributed by atoms with Crippen LogP contribution in [-0.4, -0.2) is 30.8 Å². The van der Waals surface area contributed by atoms with Crippen LogP contribution in [-0.2, 0) is 28.4 Å². The summed E-state index contributed by atoms with van der Waals surface area (Å²) in [5.74, 6) is -0.831. The van der Waals surface area contributed by atoms with Gasteiger partial charge in [0.15, 0.2) is 0 Å². The number of hydrogen-bond acceptors (Lipinski definition) is 3. The zero-order valence-corrected chi connectivity index (χ0v) is 20.0. The predicted octanol–water partition coefficient (Wildman–Crippen LogP) is 7.49. The number of hydrogen-bond donors (Lipinski definition) is 0. The maximum Gasteiger partial charge on any atom is 0.416 e. The van der Waals surface area contributed by atoms with E-state index < -0.39 is 47.0 Å². The second-order valence-electron chi connectivity index (χ2n) is 8.90. The molecule has 0 bridgehead atoms. The van der Waals surface area contributed by atoms with Crippen LogP contribution in [0.4, 0.5) is 30.7 Å². The van der Waals surface area contributed by atoms with Crippen molar-refractivity contribution in [2.75, 3.05) is 19.8 Å². The average Bonchev–Trinajstić information content (AvgIpc) is 3.05. The summed E-state index contributed by atoms with van der Waals surface area (Å²) in [5, 5.41) is 0. The van der Waals surface area contributed by atoms with E-state index in [1.165, 1.54) is 12.1 Å². The minimum absolute atomic E-state index is 0.0164. The molecule has 3 aromatic carbocycles. The fourth-order valence-corrected chi connectivity index (χ4v) is 4.39. The maximum absolute atomic E-state index is 13.7. The quantitative estimate of drug-likeness (QED) is 0.239. The van der Waals surface area contributed by atoms with E-state index in [2.05, 4.69) is 6.58 Å². The molecule has 0 unspecified atom stereocenters. The normalized spacial score (nSPS) is 19.1. The second-order valence-corrected chi connectivity index (χ2v) is 8.90. The Bertz CT molecular complexity index is 1210. The van der Waals surface area contributed by atoms with Crippen molar-refractivity contribution < 1.29 is 40.2 Å². The third-order valence-electron chi connectivity index (χ3n) is 6.19. The number of rotatable bonds is 6. The Morgan fingerprint density at radius 2 is 1.50 bits per heavy atom. The molecule has 202 valence electrons. The van der Waals surface area contributed by atoms with Gasteiger partial charge in [-0.2, -0.15) is 26.3 Å². The molecule has 4 rings (SSSR count). The molecule has 1 aliphatic rings. The zero-order chi connectivity index (χ0) is 27.5. The lowest BCUT2D eigenvalue weighted by Crippen LogP contribution is -2.38. The molecular formula is C28H24F7NO2. The van der Waals surface area contributed by atoms with Gasteiger partial charge in [-0.15, -0.1) is 0 Å². The van der Waals surface area contributed by atoms with E-state index in [-0.39, 0.29) is 18.4 Å². The molecule has 0 amide bonds. The van der Waals surface area contributed by atoms with Crippen LogP contribution in [0, 0.1) is 5.82 Å². The van der Waals surface area contributed by atoms with Gasteiger partial charge in [-0.1, -0.05) is 49.0 Å². The van der Waals surface area contributed by atoms with Gasteiger partial charge < -0.3 is 9.47 Å². The van der Waals surface area contributed by atoms with E-state index in [0.29, 0.717) is 37.4 Å². The second kappa shape index (κ2) is 11.2. The molecule has 0 spiro atoms. The van der Waals surface area contributed by atoms with Crippen molar-refractivity contribution in [1.82, 2.24) is 4.90 Å². The molecule has 10 heteroatoms. The molecule has 0 radical (unpaired) electrons. The van der Waals surface area contributed by atoms with Gasteiger partial charge in [0.1, 0.15) is 17.7 Å². The maximum atomic E-state index is 13.7. The average molecular weight is 539 g/mol. The summed E-state index contributed by atoms with van der Waals surface area (Å²) in [5.41, 5.74) is -1.78. The van der Waals surface area contributed by atoms with Crippen molar-refractivity contribution in [3.8, 4) is 0 Å². The van der Waals surface area contributed by atoms with Crippen molar-refractivity contribution in [1.29, 1.82) is 0 Å². The SMILES string of the molecule is C=C(O[C@H]1COCCN(Cc2ccccc2)[C@H]1c1ccc(F)cc1)c1cc(C(F)(F)F)cc(C(F)(F)F)c1. The number of ether oxygens (including phenoxy) is 2. The summed E-state index contributed by atoms with van der Waals surface area (Å²) in [6.45, 7) is 4.84. The van der Waals surface area contributed by atoms with E-state index in [1.54, 1.807) is 12.1 Å². The van der Waals surface area contributed by atoms with Crippen molar-refractivity contribution >= 4 is 5.76 Å². The standard InChI is InChI=1S/C28H24F7NO2/c1-18(21-13-22(27(30,31)32)15-23(14-21)28(33,34)35)38-25-17-37-12-11-36(16-19-5-3-2-4-6-19)26(25)20-7-9-24(29)10-8-20/h2-10,13-15,25-26H,1,11-12,16-17H2/t25-,26-/m0/s1. The Morgan fingerprint density at radius 1 is 0.895 bits per heavy atom. The van der Waals surface area contributed by atoms with E-state index in [0.717, 1.165) is 5.56 Å². The summed E-state index contributed by atoms with van der Waals surface area (Å²) in [4.78, 5) is 2.01. The first-order valence-electron chi connectivity index (χ1n) is 11.7. The van der Waals surface area contributed by atoms with E-state index in [9.17, 15) is 30.7 Å². The van der Waals surface area contributed by atoms with Crippen molar-refractivity contribution in [2.24, 2.45) is 0 Å². The molecule has 3 aromatic rings. The Hall–Kier alpha value is -3.37. The number of benzene rings is 3. The molecule has 0 aliphatic carbocycles. The molecular weight excluding hydrogens is 515 g/mol. The summed E-state index contributed by atoms with van der Waals surface area (Å²) in [6, 6.07) is 15.8. The lowest BCUT2D eigenvalue weighted by Gasteiger charge is -2.35. The first kappa shape index (κ1) is 27.7. The molecule has 3 nitrogen and oxygen atoms in total. The minimum atomic E-state index is -5.01. The van der Waals surface area contributed by atoms with Crippen LogP contribution in [0.5, 0.6) is 0 Å². The fourth-order valence-electron chi connectivity index (χ4n) is 4.39. The van der Waals surface area contributed by atoms with E-state index in [4.69, 9.17) is 9.47 Å². The number of nitrogens with zero attached hydrogens (tertiary/aromatic N) is 1. The summed E-state index contributed by atoms with van der Waals surface area (Å²) >= 11 is 0. The molecule has 0 N–H and O–H groups in total. The molecule has 38 heavy (non-hydrogen) atoms. The lowest BCUT2D eigenvalue weighted by molar-refractivity contribution is -0.143. The monoisotopic (exact) mass is 539 g/mol. The molecule has 1 fully saturated rings. The van der Waals surface area contributed by atoms with Crippen LogP contribution in [0.2, 0.25) is 0 Å². The van der Waals surface area contributed by atoms with Crippen LogP contribution in [0.15, 0.2) is 79.4 Å². The van der Waals surface area contributed by atoms with Gasteiger partial charge in [0.05, 0.1) is 30.4 Å². The highest BCUT2D eigenvalue weighted by atomic mass is 19.4. The molecule has 1 saturated heterocycles. The highest BCUT2D eigenvalue weighted by molar-refractivity contribution is 5.60. The Kier molecular flexibility index (Phi) is 8.13. The van der Waals surface area contributed by atoms with Crippen molar-refractivity contribution in [3.63, 3.8) is 0 Å². The smallest absolute Gasteiger partial charge is 0.416 e. The van der Waals surface area contributed by atoms with Gasteiger partial charge >= 0.3 is 12.4 Å². The van der Waals surface area contributed by atoms with Crippen LogP contribution in [0.1, 0.15) is 33.9 Å². The van der Waals surface area contributed by atoms with Crippen molar-refractivity contribution in [2.45, 2.75) is 31.0 Å². The van der Waals surface area contributed by atoms with Crippen LogP contribution < -0.4 is 0 Å². The largest absolute Gasteiger partial charge is 0.486 e. The van der Waals surface area contributed by atoms with Crippen LogP contribution in [0.25, 0.3) is 5.76 Å². The lowest BCUT2D eigenvalue weighted by atomic mass is 9.98. The van der Waals surface area contributed by atoms with Crippen LogP contribution >= 0.6 is 0 Å². The Balaban J connectivity index is 1.70. The van der Waals surface area contributed by atoms with Gasteiger partial charge in [0.2, 0.25) is 0 Å². The minimum Gasteiger partial charge on any atom is -0.486 e. The van der Waals surface area contributed by atoms with E-state index >= 15 is 0 Å². The van der Waals surface area contributed by atoms with Gasteiger partial charge in [0, 0.05) is 18.7 Å². The first-order valence-corrected chi connectivity index (χ1v) is 11.7. The third-order valence-corrected chi connectivity index (χ3v) is 6.19. The third kappa shape index (κ3) is 6.73. The van der Waals surface area contributed by atoms with Crippen LogP contribution in [0.3, 0.4) is 0 Å².